The van der Waals surface area contributed by atoms with Gasteiger partial charge in [0.05, 0.1) is 38.0 Å². The molecule has 8 nitrogen and oxygen atoms in total. The topological polar surface area (TPSA) is 83.6 Å². The fourth-order valence-corrected chi connectivity index (χ4v) is 7.53. The summed E-state index contributed by atoms with van der Waals surface area (Å²) in [5, 5.41) is 11.8. The summed E-state index contributed by atoms with van der Waals surface area (Å²) in [6, 6.07) is 14.4. The summed E-state index contributed by atoms with van der Waals surface area (Å²) >= 11 is 8.48. The van der Waals surface area contributed by atoms with Crippen molar-refractivity contribution in [2.24, 2.45) is 5.41 Å². The van der Waals surface area contributed by atoms with E-state index in [1.807, 2.05) is 47.3 Å². The minimum Gasteiger partial charge on any atom is -0.494 e. The second-order valence-corrected chi connectivity index (χ2v) is 15.6. The maximum absolute atomic E-state index is 6.50. The quantitative estimate of drug-likeness (QED) is 0.177. The van der Waals surface area contributed by atoms with E-state index in [2.05, 4.69) is 62.3 Å². The van der Waals surface area contributed by atoms with E-state index >= 15 is 0 Å². The molecule has 0 amide bonds. The molecule has 3 aromatic rings. The fourth-order valence-electron chi connectivity index (χ4n) is 5.53. The first-order chi connectivity index (χ1) is 18.8. The number of methoxy groups -OCH3 is 1. The first kappa shape index (κ1) is 28.6. The number of benzene rings is 2. The Morgan fingerprint density at radius 2 is 1.77 bits per heavy atom. The van der Waals surface area contributed by atoms with Crippen LogP contribution in [0.4, 0.5) is 28.8 Å². The largest absolute Gasteiger partial charge is 0.494 e. The Labute approximate surface area is 250 Å². The van der Waals surface area contributed by atoms with Crippen LogP contribution in [0.2, 0.25) is 5.02 Å². The molecule has 0 aliphatic carbocycles. The summed E-state index contributed by atoms with van der Waals surface area (Å²) in [5.74, 6) is 1.69. The van der Waals surface area contributed by atoms with Crippen molar-refractivity contribution in [3.63, 3.8) is 0 Å². The molecule has 11 heteroatoms. The summed E-state index contributed by atoms with van der Waals surface area (Å²) in [6.07, 6.45) is 6.68. The van der Waals surface area contributed by atoms with Crippen molar-refractivity contribution in [2.75, 3.05) is 62.2 Å². The summed E-state index contributed by atoms with van der Waals surface area (Å²) in [7, 11) is -0.0791. The molecule has 2 aliphatic rings. The molecule has 3 heterocycles. The third-order valence-electron chi connectivity index (χ3n) is 7.94. The highest BCUT2D eigenvalue weighted by Crippen LogP contribution is 2.55. The highest BCUT2D eigenvalue weighted by atomic mass is 127. The van der Waals surface area contributed by atoms with Crippen LogP contribution in [0.25, 0.3) is 0 Å². The van der Waals surface area contributed by atoms with Gasteiger partial charge < -0.3 is 25.6 Å². The predicted octanol–water partition coefficient (Wildman–Crippen LogP) is 6.78. The molecule has 208 valence electrons. The average molecular weight is 682 g/mol. The molecule has 1 aromatic heterocycles. The number of nitrogens with one attached hydrogen (secondary N) is 3. The van der Waals surface area contributed by atoms with Crippen LogP contribution in [0, 0.1) is 5.41 Å². The molecule has 0 saturated carbocycles. The maximum Gasteiger partial charge on any atom is 0.229 e. The number of aromatic nitrogens is 2. The van der Waals surface area contributed by atoms with Crippen molar-refractivity contribution in [3.05, 3.63) is 53.7 Å². The summed E-state index contributed by atoms with van der Waals surface area (Å²) < 4.78 is 11.6. The number of rotatable bonds is 8. The second-order valence-electron chi connectivity index (χ2n) is 10.7. The zero-order valence-electron chi connectivity index (χ0n) is 22.6. The van der Waals surface area contributed by atoms with Crippen molar-refractivity contribution in [3.8, 4) is 5.75 Å². The second kappa shape index (κ2) is 12.3. The molecule has 5 rings (SSSR count). The lowest BCUT2D eigenvalue weighted by Gasteiger charge is -2.45. The summed E-state index contributed by atoms with van der Waals surface area (Å²) in [4.78, 5) is 11.6. The molecule has 2 fully saturated rings. The van der Waals surface area contributed by atoms with Crippen LogP contribution in [-0.2, 0) is 2.85 Å². The fraction of sp³-hybridized carbons (Fsp3) is 0.429. The highest BCUT2D eigenvalue weighted by molar-refractivity contribution is 14.1. The number of para-hydroxylation sites is 1. The van der Waals surface area contributed by atoms with Crippen LogP contribution in [0.1, 0.15) is 25.7 Å². The van der Waals surface area contributed by atoms with Crippen LogP contribution in [-0.4, -0.2) is 56.6 Å². The molecule has 2 saturated heterocycles. The third-order valence-corrected chi connectivity index (χ3v) is 13.1. The van der Waals surface area contributed by atoms with Gasteiger partial charge in [-0.05, 0) is 68.5 Å². The third kappa shape index (κ3) is 6.54. The number of anilines is 5. The van der Waals surface area contributed by atoms with Crippen molar-refractivity contribution >= 4 is 76.2 Å². The molecule has 1 spiro atoms. The number of hydrogen-bond donors (Lipinski definition) is 3. The van der Waals surface area contributed by atoms with E-state index in [9.17, 15) is 0 Å². The molecule has 0 radical (unpaired) electrons. The van der Waals surface area contributed by atoms with Gasteiger partial charge in [0.2, 0.25) is 5.95 Å². The lowest BCUT2D eigenvalue weighted by Crippen LogP contribution is -2.45. The van der Waals surface area contributed by atoms with Gasteiger partial charge in [0.15, 0.2) is 36.3 Å². The van der Waals surface area contributed by atoms with E-state index in [-0.39, 0.29) is 0 Å². The van der Waals surface area contributed by atoms with E-state index in [1.165, 1.54) is 31.4 Å². The first-order valence-corrected chi connectivity index (χ1v) is 17.1. The Kier molecular flexibility index (Phi) is 9.03. The van der Waals surface area contributed by atoms with Crippen LogP contribution in [0.15, 0.2) is 48.7 Å². The molecule has 39 heavy (non-hydrogen) atoms. The molecule has 3 N–H and O–H groups in total. The van der Waals surface area contributed by atoms with Crippen LogP contribution in [0.3, 0.4) is 0 Å². The van der Waals surface area contributed by atoms with E-state index in [4.69, 9.17) is 19.2 Å². The molecule has 2 aromatic carbocycles. The Balaban J connectivity index is 1.32. The number of nitrogens with zero attached hydrogens (tertiary/aromatic N) is 3. The number of halogens is 2. The molecular formula is C28H36ClIN6O2P+. The monoisotopic (exact) mass is 681 g/mol. The first-order valence-electron chi connectivity index (χ1n) is 13.3. The van der Waals surface area contributed by atoms with Gasteiger partial charge in [-0.3, -0.25) is 0 Å². The van der Waals surface area contributed by atoms with Crippen molar-refractivity contribution in [1.29, 1.82) is 0 Å². The lowest BCUT2D eigenvalue weighted by molar-refractivity contribution is 0.155. The Morgan fingerprint density at radius 1 is 1.03 bits per heavy atom. The van der Waals surface area contributed by atoms with Gasteiger partial charge in [0.25, 0.3) is 0 Å². The lowest BCUT2D eigenvalue weighted by atomic mass is 9.71. The Hall–Kier alpha value is -1.91. The summed E-state index contributed by atoms with van der Waals surface area (Å²) in [5.41, 5.74) is 3.41. The van der Waals surface area contributed by atoms with Gasteiger partial charge in [-0.15, -0.1) is 0 Å². The number of hydrogen-bond acceptors (Lipinski definition) is 8. The number of ether oxygens (including phenoxy) is 1. The Bertz CT molecular complexity index is 1300. The van der Waals surface area contributed by atoms with Crippen LogP contribution in [0.5, 0.6) is 5.75 Å². The number of piperidine rings is 2. The van der Waals surface area contributed by atoms with Gasteiger partial charge in [-0.25, -0.2) is 4.98 Å². The van der Waals surface area contributed by atoms with E-state index in [0.29, 0.717) is 22.2 Å². The van der Waals surface area contributed by atoms with Gasteiger partial charge in [0, 0.05) is 24.8 Å². The van der Waals surface area contributed by atoms with Crippen molar-refractivity contribution < 1.29 is 7.59 Å². The SMILES string of the molecule is COc1cc(N2CCC3(CCNCC3)CC2)ccc1Nc1ncc(Cl)c(Nc2ccccc2[P+](C)(C)OI)n1. The van der Waals surface area contributed by atoms with Gasteiger partial charge in [-0.1, -0.05) is 23.7 Å². The molecule has 2 aliphatic heterocycles. The molecule has 0 unspecified atom stereocenters. The average Bonchev–Trinajstić information content (AvgIpc) is 2.96. The highest BCUT2D eigenvalue weighted by Gasteiger charge is 2.36. The Morgan fingerprint density at radius 3 is 2.49 bits per heavy atom. The minimum absolute atomic E-state index is 0.426. The van der Waals surface area contributed by atoms with Crippen molar-refractivity contribution in [2.45, 2.75) is 25.7 Å². The molecule has 0 atom stereocenters. The van der Waals surface area contributed by atoms with E-state index in [1.54, 1.807) is 13.3 Å². The van der Waals surface area contributed by atoms with Gasteiger partial charge >= 0.3 is 0 Å². The predicted molar refractivity (Wildman–Crippen MR) is 173 cm³/mol. The zero-order valence-corrected chi connectivity index (χ0v) is 26.4. The maximum atomic E-state index is 6.50. The van der Waals surface area contributed by atoms with Crippen LogP contribution >= 0.6 is 42.1 Å². The van der Waals surface area contributed by atoms with Crippen LogP contribution < -0.4 is 30.9 Å². The van der Waals surface area contributed by atoms with Crippen molar-refractivity contribution in [1.82, 2.24) is 15.3 Å². The smallest absolute Gasteiger partial charge is 0.229 e. The van der Waals surface area contributed by atoms with Gasteiger partial charge in [0.1, 0.15) is 16.1 Å². The summed E-state index contributed by atoms with van der Waals surface area (Å²) in [6.45, 7) is 8.70. The zero-order chi connectivity index (χ0) is 27.5. The van der Waals surface area contributed by atoms with E-state index < -0.39 is 7.49 Å². The van der Waals surface area contributed by atoms with E-state index in [0.717, 1.165) is 48.6 Å². The van der Waals surface area contributed by atoms with Gasteiger partial charge in [-0.2, -0.15) is 7.84 Å². The minimum atomic E-state index is -1.77. The molecular weight excluding hydrogens is 646 g/mol. The molecule has 0 bridgehead atoms. The standard InChI is InChI=1S/C28H36ClIN6O2P/c1-37-24-18-20(36-16-12-28(13-17-36)10-14-31-15-11-28)8-9-22(24)34-27-32-19-21(29)26(35-27)33-23-6-4-5-7-25(23)39(2,3)38-30/h4-9,18-19,31H,10-17H2,1-3H3,(H2,32,33,34,35)/q+1. The normalized spacial score (nSPS) is 17.2.